The van der Waals surface area contributed by atoms with Gasteiger partial charge in [-0.05, 0) is 47.5 Å². The summed E-state index contributed by atoms with van der Waals surface area (Å²) in [6, 6.07) is 6.43. The summed E-state index contributed by atoms with van der Waals surface area (Å²) in [4.78, 5) is 15.5. The smallest absolute Gasteiger partial charge is 0.356 e. The lowest BCUT2D eigenvalue weighted by atomic mass is 10.0. The van der Waals surface area contributed by atoms with Crippen LogP contribution in [0.1, 0.15) is 47.7 Å². The van der Waals surface area contributed by atoms with E-state index in [0.29, 0.717) is 15.5 Å². The summed E-state index contributed by atoms with van der Waals surface area (Å²) in [7, 11) is 0. The molecule has 2 rings (SSSR count). The summed E-state index contributed by atoms with van der Waals surface area (Å²) < 4.78 is 2.23. The van der Waals surface area contributed by atoms with Crippen LogP contribution in [0.5, 0.6) is 0 Å². The van der Waals surface area contributed by atoms with Gasteiger partial charge in [0.25, 0.3) is 0 Å². The monoisotopic (exact) mass is 371 g/mol. The van der Waals surface area contributed by atoms with Crippen molar-refractivity contribution >= 4 is 33.5 Å². The number of hydrogen-bond donors (Lipinski definition) is 2. The van der Waals surface area contributed by atoms with Crippen LogP contribution in [-0.4, -0.2) is 20.6 Å². The number of hydrogen-bond acceptors (Lipinski definition) is 3. The van der Waals surface area contributed by atoms with E-state index in [1.807, 2.05) is 13.8 Å². The second-order valence-electron chi connectivity index (χ2n) is 4.91. The van der Waals surface area contributed by atoms with Gasteiger partial charge < -0.3 is 15.4 Å². The van der Waals surface area contributed by atoms with E-state index in [2.05, 4.69) is 20.9 Å². The summed E-state index contributed by atoms with van der Waals surface area (Å²) >= 11 is 9.17. The molecule has 5 nitrogen and oxygen atoms in total. The van der Waals surface area contributed by atoms with E-state index < -0.39 is 12.0 Å². The minimum atomic E-state index is -1.10. The molecule has 0 radical (unpaired) electrons. The van der Waals surface area contributed by atoms with E-state index in [4.69, 9.17) is 17.3 Å². The number of halogens is 2. The van der Waals surface area contributed by atoms with Crippen molar-refractivity contribution in [2.45, 2.75) is 25.9 Å². The zero-order chi connectivity index (χ0) is 15.7. The molecular formula is C14H15BrClN3O2. The van der Waals surface area contributed by atoms with E-state index >= 15 is 0 Å². The lowest BCUT2D eigenvalue weighted by Gasteiger charge is -2.19. The normalized spacial score (nSPS) is 12.7. The molecule has 1 aromatic carbocycles. The number of imidazole rings is 1. The fraction of sp³-hybridized carbons (Fsp3) is 0.286. The van der Waals surface area contributed by atoms with Gasteiger partial charge in [-0.1, -0.05) is 23.7 Å². The highest BCUT2D eigenvalue weighted by Crippen LogP contribution is 2.30. The van der Waals surface area contributed by atoms with Gasteiger partial charge >= 0.3 is 5.97 Å². The number of nitrogens with zero attached hydrogens (tertiary/aromatic N) is 2. The van der Waals surface area contributed by atoms with Crippen LogP contribution in [0.15, 0.2) is 29.0 Å². The van der Waals surface area contributed by atoms with E-state index in [9.17, 15) is 9.90 Å². The van der Waals surface area contributed by atoms with Crippen molar-refractivity contribution in [3.8, 4) is 0 Å². The molecule has 0 aliphatic rings. The predicted molar refractivity (Wildman–Crippen MR) is 84.8 cm³/mol. The third-order valence-electron chi connectivity index (χ3n) is 3.15. The van der Waals surface area contributed by atoms with Crippen LogP contribution in [0, 0.1) is 0 Å². The van der Waals surface area contributed by atoms with Gasteiger partial charge in [-0.3, -0.25) is 0 Å². The first-order chi connectivity index (χ1) is 9.82. The quantitative estimate of drug-likeness (QED) is 0.859. The number of carbonyl (C=O) groups is 1. The van der Waals surface area contributed by atoms with Crippen LogP contribution < -0.4 is 5.73 Å². The molecule has 7 heteroatoms. The van der Waals surface area contributed by atoms with Crippen molar-refractivity contribution in [2.24, 2.45) is 5.73 Å². The maximum atomic E-state index is 11.4. The average molecular weight is 373 g/mol. The highest BCUT2D eigenvalue weighted by molar-refractivity contribution is 9.10. The number of aromatic nitrogens is 2. The van der Waals surface area contributed by atoms with Gasteiger partial charge in [-0.15, -0.1) is 0 Å². The first-order valence-corrected chi connectivity index (χ1v) is 7.52. The van der Waals surface area contributed by atoms with Gasteiger partial charge in [0.2, 0.25) is 0 Å². The average Bonchev–Trinajstić information content (AvgIpc) is 2.76. The number of nitrogens with two attached hydrogens (primary N) is 1. The summed E-state index contributed by atoms with van der Waals surface area (Å²) in [6.45, 7) is 3.88. The largest absolute Gasteiger partial charge is 0.476 e. The minimum Gasteiger partial charge on any atom is -0.476 e. The standard InChI is InChI=1S/C14H15BrClN3O2/c1-7(2)19-12(11(13(20)21)18-14(19)15)10(17)8-3-5-9(16)6-4-8/h3-7,10H,17H2,1-2H3,(H,20,21). The zero-order valence-corrected chi connectivity index (χ0v) is 13.9. The maximum Gasteiger partial charge on any atom is 0.356 e. The van der Waals surface area contributed by atoms with Crippen molar-refractivity contribution in [1.29, 1.82) is 0 Å². The number of aromatic carboxylic acids is 1. The molecule has 0 saturated carbocycles. The Morgan fingerprint density at radius 3 is 2.43 bits per heavy atom. The molecule has 0 fully saturated rings. The summed E-state index contributed by atoms with van der Waals surface area (Å²) in [5.74, 6) is -1.10. The third kappa shape index (κ3) is 3.12. The Kier molecular flexibility index (Phi) is 4.70. The number of carboxylic acids is 1. The van der Waals surface area contributed by atoms with E-state index in [1.54, 1.807) is 28.8 Å². The first kappa shape index (κ1) is 16.0. The molecule has 1 unspecified atom stereocenters. The molecule has 1 atom stereocenters. The molecule has 21 heavy (non-hydrogen) atoms. The van der Waals surface area contributed by atoms with Crippen LogP contribution >= 0.6 is 27.5 Å². The van der Waals surface area contributed by atoms with E-state index in [0.717, 1.165) is 5.56 Å². The van der Waals surface area contributed by atoms with Crippen molar-refractivity contribution in [1.82, 2.24) is 9.55 Å². The molecule has 0 saturated heterocycles. The number of benzene rings is 1. The van der Waals surface area contributed by atoms with Crippen molar-refractivity contribution in [3.63, 3.8) is 0 Å². The maximum absolute atomic E-state index is 11.4. The Morgan fingerprint density at radius 1 is 1.38 bits per heavy atom. The van der Waals surface area contributed by atoms with E-state index in [-0.39, 0.29) is 11.7 Å². The van der Waals surface area contributed by atoms with Gasteiger partial charge in [0.05, 0.1) is 11.7 Å². The van der Waals surface area contributed by atoms with Crippen LogP contribution in [-0.2, 0) is 0 Å². The van der Waals surface area contributed by atoms with Crippen LogP contribution in [0.4, 0.5) is 0 Å². The van der Waals surface area contributed by atoms with Crippen LogP contribution in [0.2, 0.25) is 5.02 Å². The summed E-state index contributed by atoms with van der Waals surface area (Å²) in [5.41, 5.74) is 7.46. The molecule has 1 aromatic heterocycles. The topological polar surface area (TPSA) is 81.1 Å². The second-order valence-corrected chi connectivity index (χ2v) is 6.06. The molecule has 2 aromatic rings. The molecule has 1 heterocycles. The van der Waals surface area contributed by atoms with Crippen LogP contribution in [0.25, 0.3) is 0 Å². The Labute approximate surface area is 135 Å². The lowest BCUT2D eigenvalue weighted by Crippen LogP contribution is -2.21. The SMILES string of the molecule is CC(C)n1c(Br)nc(C(=O)O)c1C(N)c1ccc(Cl)cc1. The fourth-order valence-corrected chi connectivity index (χ4v) is 3.09. The molecule has 0 aliphatic carbocycles. The molecular weight excluding hydrogens is 358 g/mol. The number of carboxylic acid groups (broad SMARTS) is 1. The Balaban J connectivity index is 2.60. The molecule has 112 valence electrons. The Hall–Kier alpha value is -1.37. The second kappa shape index (κ2) is 6.17. The third-order valence-corrected chi connectivity index (χ3v) is 3.96. The first-order valence-electron chi connectivity index (χ1n) is 6.35. The van der Waals surface area contributed by atoms with Crippen molar-refractivity contribution in [3.05, 3.63) is 51.0 Å². The van der Waals surface area contributed by atoms with Gasteiger partial charge in [-0.2, -0.15) is 0 Å². The highest BCUT2D eigenvalue weighted by Gasteiger charge is 2.27. The minimum absolute atomic E-state index is 0.0216. The van der Waals surface area contributed by atoms with Crippen molar-refractivity contribution in [2.75, 3.05) is 0 Å². The Morgan fingerprint density at radius 2 is 1.95 bits per heavy atom. The molecule has 0 aliphatic heterocycles. The summed E-state index contributed by atoms with van der Waals surface area (Å²) in [6.07, 6.45) is 0. The number of rotatable bonds is 4. The van der Waals surface area contributed by atoms with Gasteiger partial charge in [0, 0.05) is 11.1 Å². The molecule has 0 spiro atoms. The Bertz CT molecular complexity index is 668. The highest BCUT2D eigenvalue weighted by atomic mass is 79.9. The van der Waals surface area contributed by atoms with Gasteiger partial charge in [0.15, 0.2) is 10.4 Å². The molecule has 0 amide bonds. The molecule has 0 bridgehead atoms. The lowest BCUT2D eigenvalue weighted by molar-refractivity contribution is 0.0689. The zero-order valence-electron chi connectivity index (χ0n) is 11.5. The molecule has 3 N–H and O–H groups in total. The fourth-order valence-electron chi connectivity index (χ4n) is 2.19. The van der Waals surface area contributed by atoms with Gasteiger partial charge in [0.1, 0.15) is 0 Å². The van der Waals surface area contributed by atoms with E-state index in [1.165, 1.54) is 0 Å². The van der Waals surface area contributed by atoms with Crippen LogP contribution in [0.3, 0.4) is 0 Å². The van der Waals surface area contributed by atoms with Gasteiger partial charge in [-0.25, -0.2) is 9.78 Å². The summed E-state index contributed by atoms with van der Waals surface area (Å²) in [5, 5.41) is 9.95. The predicted octanol–water partition coefficient (Wildman–Crippen LogP) is 3.63. The van der Waals surface area contributed by atoms with Crippen molar-refractivity contribution < 1.29 is 9.90 Å².